The number of pyridine rings is 2. The van der Waals surface area contributed by atoms with Crippen molar-refractivity contribution in [3.63, 3.8) is 0 Å². The molecule has 0 fully saturated rings. The van der Waals surface area contributed by atoms with Gasteiger partial charge in [0.25, 0.3) is 0 Å². The number of furan rings is 1. The minimum Gasteiger partial charge on any atom is -0.486 e. The van der Waals surface area contributed by atoms with Crippen LogP contribution in [0.15, 0.2) is 138 Å². The fourth-order valence-corrected chi connectivity index (χ4v) is 11.2. The van der Waals surface area contributed by atoms with Crippen molar-refractivity contribution in [1.29, 1.82) is 0 Å². The Labute approximate surface area is 358 Å². The second kappa shape index (κ2) is 17.4. The molecule has 293 valence electrons. The van der Waals surface area contributed by atoms with Crippen LogP contribution in [0.25, 0.3) is 67.0 Å². The first-order valence-electron chi connectivity index (χ1n) is 19.8. The number of rotatable bonds is 8. The van der Waals surface area contributed by atoms with Crippen molar-refractivity contribution in [1.82, 2.24) is 19.5 Å². The third kappa shape index (κ3) is 8.52. The molecule has 7 heteroatoms. The van der Waals surface area contributed by atoms with Crippen molar-refractivity contribution in [2.24, 2.45) is 5.92 Å². The first-order valence-corrected chi connectivity index (χ1v) is 27.2. The number of aryl methyl sites for hydroxylation is 2. The van der Waals surface area contributed by atoms with Gasteiger partial charge in [-0.05, 0) is 54.8 Å². The van der Waals surface area contributed by atoms with Crippen molar-refractivity contribution >= 4 is 50.8 Å². The number of para-hydroxylation sites is 2. The predicted octanol–water partition coefficient (Wildman–Crippen LogP) is 12.4. The van der Waals surface area contributed by atoms with Crippen LogP contribution < -0.4 is 4.40 Å². The van der Waals surface area contributed by atoms with Gasteiger partial charge >= 0.3 is 126 Å². The Morgan fingerprint density at radius 1 is 0.724 bits per heavy atom. The van der Waals surface area contributed by atoms with E-state index < -0.39 is 13.3 Å². The van der Waals surface area contributed by atoms with Gasteiger partial charge in [0.1, 0.15) is 0 Å². The largest absolute Gasteiger partial charge is 0.486 e. The van der Waals surface area contributed by atoms with Gasteiger partial charge in [0.2, 0.25) is 5.71 Å². The van der Waals surface area contributed by atoms with E-state index in [0.717, 1.165) is 67.7 Å². The van der Waals surface area contributed by atoms with Crippen LogP contribution in [-0.4, -0.2) is 32.8 Å². The second-order valence-electron chi connectivity index (χ2n) is 16.4. The Bertz CT molecular complexity index is 2820. The number of hydrogen-bond acceptors (Lipinski definition) is 4. The smallest absolute Gasteiger partial charge is 0.216 e. The van der Waals surface area contributed by atoms with Gasteiger partial charge in [-0.1, -0.05) is 71.6 Å². The standard InChI is InChI=1S/C33H24N3O.C18H24GeN.Ir/c1-21-10-8-11-22(2)30(21)28-19-18-25-24-14-9-15-26(31(24)37-33(25)35-28)32-34-27-16-6-7-17-29(27)36(32)20-23-12-4-3-5-13-23;1-14(2)11-16-12-18(15-9-7-6-8-10-15)20-13-17(16)19(3,4)5;/h3-14,16-19H,20H2,1-2H3;6-9,12-14H,11H2,1-5H3;/q2*-1;. The first-order chi connectivity index (χ1) is 27.5. The fourth-order valence-electron chi connectivity index (χ4n) is 7.82. The number of imidazole rings is 1. The van der Waals surface area contributed by atoms with E-state index >= 15 is 0 Å². The van der Waals surface area contributed by atoms with Gasteiger partial charge in [-0.2, -0.15) is 0 Å². The molecule has 0 amide bonds. The van der Waals surface area contributed by atoms with Crippen molar-refractivity contribution in [2.45, 2.75) is 57.9 Å². The van der Waals surface area contributed by atoms with Gasteiger partial charge < -0.3 is 8.98 Å². The van der Waals surface area contributed by atoms with Crippen molar-refractivity contribution in [3.05, 3.63) is 168 Å². The molecule has 58 heavy (non-hydrogen) atoms. The zero-order valence-electron chi connectivity index (χ0n) is 34.2. The normalized spacial score (nSPS) is 11.5. The molecular weight excluding hydrogens is 949 g/mol. The molecule has 0 aliphatic heterocycles. The molecule has 4 aromatic heterocycles. The molecule has 5 aromatic carbocycles. The maximum Gasteiger partial charge on any atom is 0.216 e. The molecule has 0 N–H and O–H groups in total. The third-order valence-corrected chi connectivity index (χ3v) is 14.8. The number of fused-ring (bicyclic) bond motifs is 4. The predicted molar refractivity (Wildman–Crippen MR) is 240 cm³/mol. The summed E-state index contributed by atoms with van der Waals surface area (Å²) in [6, 6.07) is 50.3. The summed E-state index contributed by atoms with van der Waals surface area (Å²) in [5.41, 5.74) is 13.6. The van der Waals surface area contributed by atoms with Gasteiger partial charge in [-0.15, -0.1) is 18.2 Å². The SMILES string of the molecule is CC(C)Cc1cc(-c2[c-]cccc2)nc[c]1[Ge]([CH3])([CH3])[CH3].Cc1cccc(C)c1-c1ccc2c(n1)oc1c(-c3nc4ccccc4n3Cc3ccccc3)[c-]ccc12.[Ir]. The maximum atomic E-state index is 6.49. The molecule has 0 spiro atoms. The summed E-state index contributed by atoms with van der Waals surface area (Å²) in [6.07, 6.45) is 3.27. The monoisotopic (exact) mass is 999 g/mol. The van der Waals surface area contributed by atoms with E-state index in [9.17, 15) is 0 Å². The fraction of sp³-hybridized carbons (Fsp3) is 0.196. The van der Waals surface area contributed by atoms with Crippen LogP contribution in [0.5, 0.6) is 0 Å². The molecule has 0 saturated carbocycles. The molecule has 0 bridgehead atoms. The van der Waals surface area contributed by atoms with E-state index in [2.05, 4.69) is 159 Å². The van der Waals surface area contributed by atoms with Crippen LogP contribution in [0.3, 0.4) is 0 Å². The summed E-state index contributed by atoms with van der Waals surface area (Å²) in [5.74, 6) is 8.83. The Hall–Kier alpha value is -5.14. The summed E-state index contributed by atoms with van der Waals surface area (Å²) in [7, 11) is 0. The molecule has 0 aliphatic carbocycles. The van der Waals surface area contributed by atoms with Crippen LogP contribution in [0, 0.1) is 31.9 Å². The Balaban J connectivity index is 0.000000208. The van der Waals surface area contributed by atoms with E-state index in [4.69, 9.17) is 19.4 Å². The number of hydrogen-bond donors (Lipinski definition) is 0. The van der Waals surface area contributed by atoms with Gasteiger partial charge in [-0.3, -0.25) is 4.98 Å². The van der Waals surface area contributed by atoms with Crippen LogP contribution in [0.2, 0.25) is 17.3 Å². The summed E-state index contributed by atoms with van der Waals surface area (Å²) >= 11 is -1.86. The average molecular weight is 998 g/mol. The second-order valence-corrected chi connectivity index (χ2v) is 26.9. The number of benzene rings is 5. The summed E-state index contributed by atoms with van der Waals surface area (Å²) < 4.78 is 10.3. The van der Waals surface area contributed by atoms with E-state index in [1.165, 1.54) is 22.3 Å². The quantitative estimate of drug-likeness (QED) is 0.112. The van der Waals surface area contributed by atoms with Crippen molar-refractivity contribution in [2.75, 3.05) is 0 Å². The van der Waals surface area contributed by atoms with E-state index in [1.807, 2.05) is 36.4 Å². The van der Waals surface area contributed by atoms with Crippen LogP contribution in [-0.2, 0) is 33.1 Å². The molecule has 9 rings (SSSR count). The summed E-state index contributed by atoms with van der Waals surface area (Å²) in [6.45, 7) is 9.52. The molecule has 9 aromatic rings. The minimum absolute atomic E-state index is 0. The Morgan fingerprint density at radius 2 is 1.47 bits per heavy atom. The molecule has 0 atom stereocenters. The van der Waals surface area contributed by atoms with Gasteiger partial charge in [0, 0.05) is 37.6 Å². The minimum atomic E-state index is -1.86. The molecule has 1 radical (unpaired) electrons. The van der Waals surface area contributed by atoms with E-state index in [-0.39, 0.29) is 20.1 Å². The van der Waals surface area contributed by atoms with Gasteiger partial charge in [0.15, 0.2) is 0 Å². The van der Waals surface area contributed by atoms with Crippen LogP contribution in [0.4, 0.5) is 0 Å². The topological polar surface area (TPSA) is 56.7 Å². The summed E-state index contributed by atoms with van der Waals surface area (Å²) in [5, 5.41) is 2.01. The molecular formula is C51H48GeIrN4O-2. The molecule has 0 aliphatic rings. The summed E-state index contributed by atoms with van der Waals surface area (Å²) in [4.78, 5) is 14.7. The Morgan fingerprint density at radius 3 is 2.19 bits per heavy atom. The molecule has 0 saturated heterocycles. The zero-order chi connectivity index (χ0) is 39.7. The molecule has 4 heterocycles. The zero-order valence-corrected chi connectivity index (χ0v) is 38.7. The van der Waals surface area contributed by atoms with E-state index in [1.54, 1.807) is 4.40 Å². The van der Waals surface area contributed by atoms with E-state index in [0.29, 0.717) is 18.2 Å². The third-order valence-electron chi connectivity index (χ3n) is 10.5. The average Bonchev–Trinajstić information content (AvgIpc) is 3.76. The van der Waals surface area contributed by atoms with Gasteiger partial charge in [0.05, 0.1) is 28.1 Å². The first kappa shape index (κ1) is 41.0. The van der Waals surface area contributed by atoms with Crippen molar-refractivity contribution < 1.29 is 24.5 Å². The van der Waals surface area contributed by atoms with Crippen LogP contribution in [0.1, 0.15) is 36.1 Å². The maximum absolute atomic E-state index is 6.49. The van der Waals surface area contributed by atoms with Crippen LogP contribution >= 0.6 is 0 Å². The van der Waals surface area contributed by atoms with Crippen molar-refractivity contribution in [3.8, 4) is 33.9 Å². The Kier molecular flexibility index (Phi) is 12.3. The molecule has 5 nitrogen and oxygen atoms in total. The number of aromatic nitrogens is 4. The van der Waals surface area contributed by atoms with Gasteiger partial charge in [-0.25, -0.2) is 4.98 Å². The molecule has 0 unspecified atom stereocenters. The number of nitrogens with zero attached hydrogens (tertiary/aromatic N) is 4.